The van der Waals surface area contributed by atoms with Gasteiger partial charge in [0.1, 0.15) is 5.75 Å². The maximum absolute atomic E-state index is 11.6. The summed E-state index contributed by atoms with van der Waals surface area (Å²) in [5.74, 6) is 2.19. The van der Waals surface area contributed by atoms with Crippen molar-refractivity contribution in [2.24, 2.45) is 17.8 Å². The Kier molecular flexibility index (Phi) is 16.9. The van der Waals surface area contributed by atoms with E-state index >= 15 is 0 Å². The van der Waals surface area contributed by atoms with E-state index in [1.807, 2.05) is 13.8 Å². The van der Waals surface area contributed by atoms with Gasteiger partial charge in [-0.2, -0.15) is 0 Å². The van der Waals surface area contributed by atoms with Crippen molar-refractivity contribution in [3.8, 4) is 5.75 Å². The van der Waals surface area contributed by atoms with E-state index in [4.69, 9.17) is 0 Å². The molecule has 230 valence electrons. The van der Waals surface area contributed by atoms with E-state index in [1.165, 1.54) is 89.1 Å². The highest BCUT2D eigenvalue weighted by molar-refractivity contribution is 5.30. The predicted molar refractivity (Wildman–Crippen MR) is 165 cm³/mol. The van der Waals surface area contributed by atoms with Gasteiger partial charge in [0.15, 0.2) is 0 Å². The quantitative estimate of drug-likeness (QED) is 0.291. The van der Waals surface area contributed by atoms with E-state index in [0.717, 1.165) is 17.4 Å². The van der Waals surface area contributed by atoms with Gasteiger partial charge in [-0.25, -0.2) is 0 Å². The maximum atomic E-state index is 11.6. The summed E-state index contributed by atoms with van der Waals surface area (Å²) in [6, 6.07) is 5.67. The number of rotatable bonds is 8. The van der Waals surface area contributed by atoms with Gasteiger partial charge in [0.25, 0.3) is 0 Å². The highest BCUT2D eigenvalue weighted by Crippen LogP contribution is 2.30. The molecule has 0 radical (unpaired) electrons. The zero-order valence-corrected chi connectivity index (χ0v) is 26.8. The topological polar surface area (TPSA) is 15.7 Å². The molecule has 2 atom stereocenters. The molecule has 0 N–H and O–H groups in total. The van der Waals surface area contributed by atoms with Crippen molar-refractivity contribution in [1.82, 2.24) is 9.80 Å². The summed E-state index contributed by atoms with van der Waals surface area (Å²) in [6.45, 7) is 27.5. The van der Waals surface area contributed by atoms with Crippen LogP contribution in [0.3, 0.4) is 0 Å². The SMILES string of the molecule is CC.CCC(C)/C(C)=C\C(=C(C)C)C1CCN(CCN2CCCC(C)C2)CC1.Cc1ccc(OC(F)(F)F)cc1. The fourth-order valence-electron chi connectivity index (χ4n) is 5.36. The van der Waals surface area contributed by atoms with Crippen molar-refractivity contribution < 1.29 is 17.9 Å². The average molecular weight is 567 g/mol. The average Bonchev–Trinajstić information content (AvgIpc) is 2.92. The van der Waals surface area contributed by atoms with Crippen molar-refractivity contribution in [3.05, 3.63) is 52.6 Å². The van der Waals surface area contributed by atoms with Gasteiger partial charge in [-0.15, -0.1) is 13.2 Å². The van der Waals surface area contributed by atoms with Crippen LogP contribution in [0.15, 0.2) is 47.1 Å². The van der Waals surface area contributed by atoms with E-state index in [9.17, 15) is 13.2 Å². The molecule has 0 saturated carbocycles. The second kappa shape index (κ2) is 18.6. The van der Waals surface area contributed by atoms with Crippen LogP contribution in [0.1, 0.15) is 93.1 Å². The molecule has 0 spiro atoms. The summed E-state index contributed by atoms with van der Waals surface area (Å²) in [4.78, 5) is 5.41. The molecule has 3 nitrogen and oxygen atoms in total. The Morgan fingerprint density at radius 1 is 0.975 bits per heavy atom. The first-order chi connectivity index (χ1) is 18.9. The highest BCUT2D eigenvalue weighted by atomic mass is 19.4. The molecule has 1 aromatic rings. The normalized spacial score (nSPS) is 20.0. The third kappa shape index (κ3) is 14.2. The van der Waals surface area contributed by atoms with Crippen LogP contribution < -0.4 is 4.74 Å². The fourth-order valence-corrected chi connectivity index (χ4v) is 5.36. The van der Waals surface area contributed by atoms with Crippen LogP contribution in [0.5, 0.6) is 5.75 Å². The number of hydrogen-bond donors (Lipinski definition) is 0. The van der Waals surface area contributed by atoms with E-state index in [2.05, 4.69) is 62.2 Å². The number of allylic oxidation sites excluding steroid dienone is 4. The fraction of sp³-hybridized carbons (Fsp3) is 0.706. The van der Waals surface area contributed by atoms with Crippen LogP contribution in [0.4, 0.5) is 13.2 Å². The van der Waals surface area contributed by atoms with Crippen molar-refractivity contribution in [2.45, 2.75) is 101 Å². The minimum Gasteiger partial charge on any atom is -0.406 e. The summed E-state index contributed by atoms with van der Waals surface area (Å²) < 4.78 is 38.5. The molecule has 40 heavy (non-hydrogen) atoms. The number of halogens is 3. The molecule has 0 amide bonds. The molecule has 2 heterocycles. The molecule has 0 aliphatic carbocycles. The van der Waals surface area contributed by atoms with Crippen LogP contribution in [-0.2, 0) is 0 Å². The summed E-state index contributed by atoms with van der Waals surface area (Å²) in [6.07, 6.45) is 4.66. The molecule has 2 saturated heterocycles. The van der Waals surface area contributed by atoms with Crippen molar-refractivity contribution in [1.29, 1.82) is 0 Å². The first-order valence-corrected chi connectivity index (χ1v) is 15.5. The first kappa shape index (κ1) is 36.2. The Labute approximate surface area is 243 Å². The largest absolute Gasteiger partial charge is 0.573 e. The van der Waals surface area contributed by atoms with Gasteiger partial charge in [-0.05, 0) is 115 Å². The molecule has 3 rings (SSSR count). The monoisotopic (exact) mass is 566 g/mol. The summed E-state index contributed by atoms with van der Waals surface area (Å²) >= 11 is 0. The minimum absolute atomic E-state index is 0.187. The van der Waals surface area contributed by atoms with Gasteiger partial charge < -0.3 is 14.5 Å². The maximum Gasteiger partial charge on any atom is 0.573 e. The summed E-state index contributed by atoms with van der Waals surface area (Å²) in [7, 11) is 0. The van der Waals surface area contributed by atoms with Crippen LogP contribution in [0, 0.1) is 24.7 Å². The number of aryl methyl sites for hydroxylation is 1. The molecule has 2 aliphatic heterocycles. The first-order valence-electron chi connectivity index (χ1n) is 15.5. The third-order valence-corrected chi connectivity index (χ3v) is 8.11. The molecule has 2 aliphatic rings. The number of benzene rings is 1. The number of ether oxygens (including phenoxy) is 1. The van der Waals surface area contributed by atoms with Crippen LogP contribution in [0.25, 0.3) is 0 Å². The second-order valence-corrected chi connectivity index (χ2v) is 11.7. The van der Waals surface area contributed by atoms with Crippen LogP contribution in [0.2, 0.25) is 0 Å². The van der Waals surface area contributed by atoms with Crippen LogP contribution >= 0.6 is 0 Å². The Morgan fingerprint density at radius 3 is 2.05 bits per heavy atom. The lowest BCUT2D eigenvalue weighted by Gasteiger charge is -2.36. The molecule has 1 aromatic carbocycles. The van der Waals surface area contributed by atoms with E-state index in [-0.39, 0.29) is 5.75 Å². The van der Waals surface area contributed by atoms with E-state index in [1.54, 1.807) is 30.2 Å². The van der Waals surface area contributed by atoms with Crippen molar-refractivity contribution in [2.75, 3.05) is 39.3 Å². The molecule has 0 aromatic heterocycles. The summed E-state index contributed by atoms with van der Waals surface area (Å²) in [5, 5.41) is 0. The van der Waals surface area contributed by atoms with Crippen molar-refractivity contribution >= 4 is 0 Å². The van der Waals surface area contributed by atoms with Crippen molar-refractivity contribution in [3.63, 3.8) is 0 Å². The molecule has 0 bridgehead atoms. The molecule has 6 heteroatoms. The number of hydrogen-bond acceptors (Lipinski definition) is 3. The Morgan fingerprint density at radius 2 is 1.55 bits per heavy atom. The molecule has 2 fully saturated rings. The minimum atomic E-state index is -4.60. The zero-order valence-electron chi connectivity index (χ0n) is 26.8. The number of nitrogens with zero attached hydrogens (tertiary/aromatic N) is 2. The molecular weight excluding hydrogens is 509 g/mol. The zero-order chi connectivity index (χ0) is 30.3. The van der Waals surface area contributed by atoms with Gasteiger partial charge in [-0.3, -0.25) is 0 Å². The lowest BCUT2D eigenvalue weighted by Crippen LogP contribution is -2.42. The third-order valence-electron chi connectivity index (χ3n) is 8.11. The molecule has 2 unspecified atom stereocenters. The standard InChI is InChI=1S/C24H44N2.C8H7F3O.C2H6/c1-7-21(5)22(6)17-24(19(2)3)23-10-13-25(14-11-23)15-16-26-12-8-9-20(4)18-26;1-6-2-4-7(5-3-6)12-8(9,10)11;1-2/h17,20-21,23H,7-16,18H2,1-6H3;2-5H,1H3;1-2H3/b22-17-;;. The Hall–Kier alpha value is -1.79. The number of piperidine rings is 2. The van der Waals surface area contributed by atoms with E-state index in [0.29, 0.717) is 5.92 Å². The lowest BCUT2D eigenvalue weighted by molar-refractivity contribution is -0.274. The number of alkyl halides is 3. The Bertz CT molecular complexity index is 879. The molecular formula is C34H57F3N2O. The van der Waals surface area contributed by atoms with Gasteiger partial charge >= 0.3 is 6.36 Å². The second-order valence-electron chi connectivity index (χ2n) is 11.7. The van der Waals surface area contributed by atoms with Gasteiger partial charge in [-0.1, -0.05) is 69.5 Å². The van der Waals surface area contributed by atoms with Crippen LogP contribution in [-0.4, -0.2) is 55.4 Å². The predicted octanol–water partition coefficient (Wildman–Crippen LogP) is 9.68. The lowest BCUT2D eigenvalue weighted by atomic mass is 9.84. The van der Waals surface area contributed by atoms with Gasteiger partial charge in [0.05, 0.1) is 0 Å². The van der Waals surface area contributed by atoms with Gasteiger partial charge in [0, 0.05) is 19.6 Å². The smallest absolute Gasteiger partial charge is 0.406 e. The Balaban J connectivity index is 0.000000477. The number of likely N-dealkylation sites (tertiary alicyclic amines) is 2. The highest BCUT2D eigenvalue weighted by Gasteiger charge is 2.31. The van der Waals surface area contributed by atoms with Gasteiger partial charge in [0.2, 0.25) is 0 Å². The summed E-state index contributed by atoms with van der Waals surface area (Å²) in [5.41, 5.74) is 5.61. The van der Waals surface area contributed by atoms with E-state index < -0.39 is 6.36 Å².